The number of pyridine rings is 2. The monoisotopic (exact) mass is 404 g/mol. The first kappa shape index (κ1) is 18.5. The number of fused-ring (bicyclic) bond motifs is 5. The Balaban J connectivity index is 1.77. The van der Waals surface area contributed by atoms with Gasteiger partial charge in [-0.3, -0.25) is 9.59 Å². The zero-order valence-electron chi connectivity index (χ0n) is 16.7. The Morgan fingerprint density at radius 1 is 1.23 bits per heavy atom. The molecule has 0 bridgehead atoms. The van der Waals surface area contributed by atoms with E-state index in [4.69, 9.17) is 14.5 Å². The van der Waals surface area contributed by atoms with Crippen LogP contribution in [-0.4, -0.2) is 21.5 Å². The molecule has 7 heteroatoms. The zero-order chi connectivity index (χ0) is 21.0. The number of ether oxygens (including phenoxy) is 2. The number of carbonyl (C=O) groups excluding carboxylic acids is 2. The first-order chi connectivity index (χ1) is 14.5. The lowest BCUT2D eigenvalue weighted by Crippen LogP contribution is -2.47. The summed E-state index contributed by atoms with van der Waals surface area (Å²) >= 11 is 0. The first-order valence-corrected chi connectivity index (χ1v) is 10.0. The number of carbonyl (C=O) groups is 2. The lowest BCUT2D eigenvalue weighted by atomic mass is 9.85. The molecule has 0 saturated heterocycles. The minimum Gasteiger partial charge on any atom is -0.457 e. The Kier molecular flexibility index (Phi) is 4.03. The fourth-order valence-electron chi connectivity index (χ4n) is 4.35. The standard InChI is InChI=1S/C23H20N2O5/c1-3-19(26)30-23(4-2)16-10-18-20-14(9-13-7-5-6-8-17(13)24-20)11-25(18)21(27)15(16)12-29-22(23)28/h5-10H,3-4,11-12H2,1-2H3/t23-/m1/s1. The number of hydrogen-bond acceptors (Lipinski definition) is 6. The van der Waals surface area contributed by atoms with E-state index in [1.807, 2.05) is 30.3 Å². The van der Waals surface area contributed by atoms with Crippen molar-refractivity contribution in [2.75, 3.05) is 0 Å². The van der Waals surface area contributed by atoms with Gasteiger partial charge < -0.3 is 14.0 Å². The van der Waals surface area contributed by atoms with Gasteiger partial charge in [0.1, 0.15) is 6.61 Å². The third kappa shape index (κ3) is 2.44. The van der Waals surface area contributed by atoms with E-state index in [1.54, 1.807) is 24.5 Å². The van der Waals surface area contributed by atoms with Crippen LogP contribution in [0.15, 0.2) is 41.2 Å². The number of nitrogens with zero attached hydrogens (tertiary/aromatic N) is 2. The maximum Gasteiger partial charge on any atom is 0.355 e. The van der Waals surface area contributed by atoms with Crippen molar-refractivity contribution < 1.29 is 19.1 Å². The molecule has 5 rings (SSSR count). The number of para-hydroxylation sites is 1. The molecule has 152 valence electrons. The summed E-state index contributed by atoms with van der Waals surface area (Å²) < 4.78 is 12.5. The highest BCUT2D eigenvalue weighted by atomic mass is 16.6. The van der Waals surface area contributed by atoms with Crippen LogP contribution in [0.1, 0.15) is 43.4 Å². The Morgan fingerprint density at radius 2 is 2.03 bits per heavy atom. The molecule has 0 radical (unpaired) electrons. The van der Waals surface area contributed by atoms with Crippen LogP contribution < -0.4 is 5.56 Å². The van der Waals surface area contributed by atoms with Crippen LogP contribution in [0.2, 0.25) is 0 Å². The van der Waals surface area contributed by atoms with Crippen molar-refractivity contribution in [2.24, 2.45) is 0 Å². The van der Waals surface area contributed by atoms with Gasteiger partial charge in [-0.25, -0.2) is 9.78 Å². The predicted molar refractivity (Wildman–Crippen MR) is 109 cm³/mol. The van der Waals surface area contributed by atoms with E-state index in [0.29, 0.717) is 29.1 Å². The topological polar surface area (TPSA) is 87.5 Å². The third-order valence-corrected chi connectivity index (χ3v) is 5.96. The van der Waals surface area contributed by atoms with Crippen molar-refractivity contribution in [1.29, 1.82) is 0 Å². The molecule has 2 aliphatic rings. The van der Waals surface area contributed by atoms with Gasteiger partial charge in [0.15, 0.2) is 0 Å². The molecule has 0 amide bonds. The summed E-state index contributed by atoms with van der Waals surface area (Å²) in [6.07, 6.45) is 0.288. The highest BCUT2D eigenvalue weighted by Gasteiger charge is 2.50. The molecule has 2 aromatic heterocycles. The average molecular weight is 404 g/mol. The number of esters is 2. The summed E-state index contributed by atoms with van der Waals surface area (Å²) in [6.45, 7) is 3.66. The van der Waals surface area contributed by atoms with E-state index in [9.17, 15) is 14.4 Å². The molecule has 0 fully saturated rings. The molecule has 2 aliphatic heterocycles. The fourth-order valence-corrected chi connectivity index (χ4v) is 4.35. The molecule has 0 N–H and O–H groups in total. The van der Waals surface area contributed by atoms with Crippen molar-refractivity contribution >= 4 is 22.8 Å². The fraction of sp³-hybridized carbons (Fsp3) is 0.304. The van der Waals surface area contributed by atoms with E-state index >= 15 is 0 Å². The van der Waals surface area contributed by atoms with Crippen molar-refractivity contribution in [3.63, 3.8) is 0 Å². The van der Waals surface area contributed by atoms with Gasteiger partial charge in [0, 0.05) is 22.9 Å². The summed E-state index contributed by atoms with van der Waals surface area (Å²) in [5, 5.41) is 1.00. The van der Waals surface area contributed by atoms with E-state index in [0.717, 1.165) is 16.5 Å². The molecule has 4 heterocycles. The number of rotatable bonds is 3. The van der Waals surface area contributed by atoms with Gasteiger partial charge in [0.25, 0.3) is 5.56 Å². The van der Waals surface area contributed by atoms with Gasteiger partial charge >= 0.3 is 11.9 Å². The molecular weight excluding hydrogens is 384 g/mol. The molecule has 7 nitrogen and oxygen atoms in total. The molecule has 0 saturated carbocycles. The van der Waals surface area contributed by atoms with Crippen molar-refractivity contribution in [3.05, 3.63) is 63.4 Å². The summed E-state index contributed by atoms with van der Waals surface area (Å²) in [4.78, 5) is 43.0. The van der Waals surface area contributed by atoms with E-state index < -0.39 is 17.5 Å². The maximum atomic E-state index is 13.3. The van der Waals surface area contributed by atoms with Crippen LogP contribution in [0.25, 0.3) is 22.3 Å². The van der Waals surface area contributed by atoms with Crippen molar-refractivity contribution in [1.82, 2.24) is 9.55 Å². The summed E-state index contributed by atoms with van der Waals surface area (Å²) in [5.74, 6) is -1.17. The minimum absolute atomic E-state index is 0.116. The van der Waals surface area contributed by atoms with Gasteiger partial charge in [-0.2, -0.15) is 0 Å². The zero-order valence-corrected chi connectivity index (χ0v) is 16.7. The number of hydrogen-bond donors (Lipinski definition) is 0. The lowest BCUT2D eigenvalue weighted by Gasteiger charge is -2.35. The van der Waals surface area contributed by atoms with Gasteiger partial charge in [-0.05, 0) is 24.6 Å². The van der Waals surface area contributed by atoms with E-state index in [-0.39, 0.29) is 25.0 Å². The Hall–Kier alpha value is -3.48. The Bertz CT molecular complexity index is 1290. The molecule has 0 spiro atoms. The largest absolute Gasteiger partial charge is 0.457 e. The smallest absolute Gasteiger partial charge is 0.355 e. The van der Waals surface area contributed by atoms with Gasteiger partial charge in [-0.15, -0.1) is 0 Å². The normalized spacial score (nSPS) is 19.1. The highest BCUT2D eigenvalue weighted by Crippen LogP contribution is 2.41. The molecule has 30 heavy (non-hydrogen) atoms. The lowest BCUT2D eigenvalue weighted by molar-refractivity contribution is -0.189. The molecule has 0 unspecified atom stereocenters. The number of benzene rings is 1. The third-order valence-electron chi connectivity index (χ3n) is 5.96. The van der Waals surface area contributed by atoms with Gasteiger partial charge in [-0.1, -0.05) is 32.0 Å². The van der Waals surface area contributed by atoms with Gasteiger partial charge in [0.05, 0.1) is 29.0 Å². The molecule has 1 aromatic carbocycles. The molecule has 1 atom stereocenters. The van der Waals surface area contributed by atoms with Gasteiger partial charge in [0.2, 0.25) is 5.60 Å². The second-order valence-electron chi connectivity index (χ2n) is 7.59. The molecule has 0 aliphatic carbocycles. The van der Waals surface area contributed by atoms with E-state index in [1.165, 1.54) is 0 Å². The van der Waals surface area contributed by atoms with Crippen LogP contribution in [0.3, 0.4) is 0 Å². The minimum atomic E-state index is -1.62. The SMILES string of the molecule is CCC(=O)O[C@@]1(CC)C(=O)OCc2c1cc1n(c2=O)Cc2cc3ccccc3nc2-1. The van der Waals surface area contributed by atoms with E-state index in [2.05, 4.69) is 0 Å². The second-order valence-corrected chi connectivity index (χ2v) is 7.59. The average Bonchev–Trinajstić information content (AvgIpc) is 3.12. The number of aromatic nitrogens is 2. The quantitative estimate of drug-likeness (QED) is 0.488. The molecular formula is C23H20N2O5. The summed E-state index contributed by atoms with van der Waals surface area (Å²) in [7, 11) is 0. The van der Waals surface area contributed by atoms with Crippen LogP contribution >= 0.6 is 0 Å². The Labute approximate surface area is 172 Å². The molecule has 3 aromatic rings. The summed E-state index contributed by atoms with van der Waals surface area (Å²) in [5.41, 5.74) is 1.99. The van der Waals surface area contributed by atoms with Crippen molar-refractivity contribution in [2.45, 2.75) is 45.4 Å². The predicted octanol–water partition coefficient (Wildman–Crippen LogP) is 3.04. The van der Waals surface area contributed by atoms with Crippen LogP contribution in [0, 0.1) is 0 Å². The first-order valence-electron chi connectivity index (χ1n) is 10.0. The van der Waals surface area contributed by atoms with Crippen LogP contribution in [0.5, 0.6) is 0 Å². The van der Waals surface area contributed by atoms with Crippen LogP contribution in [0.4, 0.5) is 0 Å². The summed E-state index contributed by atoms with van der Waals surface area (Å²) in [6, 6.07) is 11.6. The van der Waals surface area contributed by atoms with Crippen LogP contribution in [-0.2, 0) is 37.8 Å². The highest BCUT2D eigenvalue weighted by molar-refractivity contribution is 5.88. The Morgan fingerprint density at radius 3 is 2.80 bits per heavy atom. The second kappa shape index (κ2) is 6.52. The number of cyclic esters (lactones) is 1. The van der Waals surface area contributed by atoms with Crippen molar-refractivity contribution in [3.8, 4) is 11.4 Å². The maximum absolute atomic E-state index is 13.3.